The first-order valence-electron chi connectivity index (χ1n) is 5.91. The van der Waals surface area contributed by atoms with E-state index < -0.39 is 0 Å². The predicted molar refractivity (Wildman–Crippen MR) is 78.3 cm³/mol. The topological polar surface area (TPSA) is 42.2 Å². The highest BCUT2D eigenvalue weighted by Crippen LogP contribution is 2.20. The monoisotopic (exact) mass is 323 g/mol. The van der Waals surface area contributed by atoms with Gasteiger partial charge in [0, 0.05) is 36.4 Å². The summed E-state index contributed by atoms with van der Waals surface area (Å²) in [5.74, 6) is -0.0181. The largest absolute Gasteiger partial charge is 0.353 e. The van der Waals surface area contributed by atoms with Gasteiger partial charge in [-0.05, 0) is 23.8 Å². The maximum absolute atomic E-state index is 14.1. The molecular weight excluding hydrogens is 309 g/mol. The van der Waals surface area contributed by atoms with Crippen LogP contribution in [0.1, 0.15) is 11.1 Å². The summed E-state index contributed by atoms with van der Waals surface area (Å²) in [6.07, 6.45) is 1.58. The highest BCUT2D eigenvalue weighted by molar-refractivity contribution is 9.10. The fourth-order valence-corrected chi connectivity index (χ4v) is 2.10. The van der Waals surface area contributed by atoms with Crippen LogP contribution >= 0.6 is 15.9 Å². The summed E-state index contributed by atoms with van der Waals surface area (Å²) in [4.78, 5) is 5.86. The Morgan fingerprint density at radius 1 is 1.26 bits per heavy atom. The van der Waals surface area contributed by atoms with Crippen molar-refractivity contribution in [3.8, 4) is 0 Å². The predicted octanol–water partition coefficient (Wildman–Crippen LogP) is 3.08. The molecule has 3 nitrogen and oxygen atoms in total. The molecule has 2 N–H and O–H groups in total. The lowest BCUT2D eigenvalue weighted by Crippen LogP contribution is -2.20. The molecule has 0 spiro atoms. The van der Waals surface area contributed by atoms with E-state index in [0.29, 0.717) is 17.9 Å². The second-order valence-electron chi connectivity index (χ2n) is 4.29. The van der Waals surface area contributed by atoms with E-state index in [0.717, 1.165) is 10.0 Å². The number of benzene rings is 1. The van der Waals surface area contributed by atoms with Gasteiger partial charge < -0.3 is 10.6 Å². The second-order valence-corrected chi connectivity index (χ2v) is 5.21. The third kappa shape index (κ3) is 3.30. The molecule has 0 saturated heterocycles. The third-order valence-corrected chi connectivity index (χ3v) is 3.39. The third-order valence-electron chi connectivity index (χ3n) is 2.87. The highest BCUT2D eigenvalue weighted by atomic mass is 79.9. The van der Waals surface area contributed by atoms with Crippen LogP contribution in [0.5, 0.6) is 0 Å². The Balaban J connectivity index is 2.20. The Morgan fingerprint density at radius 3 is 2.58 bits per heavy atom. The van der Waals surface area contributed by atoms with Gasteiger partial charge >= 0.3 is 0 Å². The van der Waals surface area contributed by atoms with Gasteiger partial charge in [-0.25, -0.2) is 9.37 Å². The molecule has 0 radical (unpaired) electrons. The summed E-state index contributed by atoms with van der Waals surface area (Å²) in [7, 11) is 1.81. The van der Waals surface area contributed by atoms with Gasteiger partial charge in [-0.15, -0.1) is 0 Å². The van der Waals surface area contributed by atoms with E-state index in [9.17, 15) is 4.39 Å². The number of aromatic nitrogens is 1. The minimum Gasteiger partial charge on any atom is -0.353 e. The number of nitrogens with two attached hydrogens (primary N) is 1. The number of rotatable bonds is 4. The van der Waals surface area contributed by atoms with Crippen LogP contribution in [0.4, 0.5) is 10.2 Å². The van der Waals surface area contributed by atoms with E-state index >= 15 is 0 Å². The number of halogens is 2. The van der Waals surface area contributed by atoms with Crippen molar-refractivity contribution in [3.05, 3.63) is 57.9 Å². The van der Waals surface area contributed by atoms with Gasteiger partial charge in [0.1, 0.15) is 0 Å². The maximum atomic E-state index is 14.1. The molecule has 1 aromatic carbocycles. The Labute approximate surface area is 120 Å². The van der Waals surface area contributed by atoms with Crippen molar-refractivity contribution in [3.63, 3.8) is 0 Å². The average Bonchev–Trinajstić information content (AvgIpc) is 2.41. The van der Waals surface area contributed by atoms with Crippen LogP contribution in [-0.2, 0) is 13.1 Å². The van der Waals surface area contributed by atoms with Crippen LogP contribution in [0.2, 0.25) is 0 Å². The summed E-state index contributed by atoms with van der Waals surface area (Å²) >= 11 is 3.39. The molecule has 0 aliphatic heterocycles. The van der Waals surface area contributed by atoms with Crippen LogP contribution in [0, 0.1) is 5.82 Å². The fraction of sp³-hybridized carbons (Fsp3) is 0.214. The minimum atomic E-state index is -0.343. The standard InChI is InChI=1S/C14H15BrFN3/c1-19(9-10-2-4-12(15)5-3-10)14-13(16)11(8-17)6-7-18-14/h2-7H,8-9,17H2,1H3. The lowest BCUT2D eigenvalue weighted by molar-refractivity contribution is 0.598. The first-order valence-corrected chi connectivity index (χ1v) is 6.70. The smallest absolute Gasteiger partial charge is 0.170 e. The van der Waals surface area contributed by atoms with Gasteiger partial charge in [0.15, 0.2) is 11.6 Å². The highest BCUT2D eigenvalue weighted by Gasteiger charge is 2.12. The van der Waals surface area contributed by atoms with E-state index in [1.165, 1.54) is 0 Å². The Kier molecular flexibility index (Phi) is 4.50. The molecular formula is C14H15BrFN3. The molecule has 0 unspecified atom stereocenters. The molecule has 0 amide bonds. The molecule has 0 aliphatic rings. The van der Waals surface area contributed by atoms with Gasteiger partial charge in [-0.2, -0.15) is 0 Å². The lowest BCUT2D eigenvalue weighted by Gasteiger charge is -2.19. The van der Waals surface area contributed by atoms with Crippen molar-refractivity contribution in [2.24, 2.45) is 5.73 Å². The summed E-state index contributed by atoms with van der Waals surface area (Å²) in [5, 5.41) is 0. The number of hydrogen-bond acceptors (Lipinski definition) is 3. The molecule has 0 aliphatic carbocycles. The lowest BCUT2D eigenvalue weighted by atomic mass is 10.2. The zero-order chi connectivity index (χ0) is 13.8. The van der Waals surface area contributed by atoms with Crippen LogP contribution in [0.25, 0.3) is 0 Å². The molecule has 0 bridgehead atoms. The van der Waals surface area contributed by atoms with E-state index in [1.54, 1.807) is 17.2 Å². The van der Waals surface area contributed by atoms with Gasteiger partial charge in [-0.3, -0.25) is 0 Å². The van der Waals surface area contributed by atoms with E-state index in [1.807, 2.05) is 31.3 Å². The molecule has 5 heteroatoms. The molecule has 2 rings (SSSR count). The van der Waals surface area contributed by atoms with Gasteiger partial charge in [0.25, 0.3) is 0 Å². The molecule has 1 heterocycles. The first-order chi connectivity index (χ1) is 9.11. The fourth-order valence-electron chi connectivity index (χ4n) is 1.83. The number of hydrogen-bond donors (Lipinski definition) is 1. The summed E-state index contributed by atoms with van der Waals surface area (Å²) < 4.78 is 15.1. The maximum Gasteiger partial charge on any atom is 0.170 e. The second kappa shape index (κ2) is 6.12. The van der Waals surface area contributed by atoms with Crippen molar-refractivity contribution in [1.82, 2.24) is 4.98 Å². The van der Waals surface area contributed by atoms with E-state index in [4.69, 9.17) is 5.73 Å². The normalized spacial score (nSPS) is 10.5. The zero-order valence-corrected chi connectivity index (χ0v) is 12.2. The Hall–Kier alpha value is -1.46. The average molecular weight is 324 g/mol. The summed E-state index contributed by atoms with van der Waals surface area (Å²) in [6.45, 7) is 0.763. The molecule has 0 atom stereocenters. The van der Waals surface area contributed by atoms with Gasteiger partial charge in [-0.1, -0.05) is 28.1 Å². The number of anilines is 1. The molecule has 0 saturated carbocycles. The molecule has 19 heavy (non-hydrogen) atoms. The van der Waals surface area contributed by atoms with Crippen molar-refractivity contribution < 1.29 is 4.39 Å². The van der Waals surface area contributed by atoms with Crippen molar-refractivity contribution in [2.45, 2.75) is 13.1 Å². The first kappa shape index (κ1) is 14.0. The zero-order valence-electron chi connectivity index (χ0n) is 10.6. The minimum absolute atomic E-state index is 0.174. The number of pyridine rings is 1. The van der Waals surface area contributed by atoms with E-state index in [2.05, 4.69) is 20.9 Å². The van der Waals surface area contributed by atoms with Crippen molar-refractivity contribution >= 4 is 21.7 Å². The van der Waals surface area contributed by atoms with Crippen LogP contribution in [-0.4, -0.2) is 12.0 Å². The van der Waals surface area contributed by atoms with Crippen LogP contribution < -0.4 is 10.6 Å². The van der Waals surface area contributed by atoms with E-state index in [-0.39, 0.29) is 12.4 Å². The Bertz CT molecular complexity index is 557. The van der Waals surface area contributed by atoms with Crippen molar-refractivity contribution in [2.75, 3.05) is 11.9 Å². The Morgan fingerprint density at radius 2 is 1.95 bits per heavy atom. The van der Waals surface area contributed by atoms with Crippen molar-refractivity contribution in [1.29, 1.82) is 0 Å². The van der Waals surface area contributed by atoms with Gasteiger partial charge in [0.05, 0.1) is 0 Å². The summed E-state index contributed by atoms with van der Waals surface area (Å²) in [5.41, 5.74) is 7.06. The van der Waals surface area contributed by atoms with Crippen LogP contribution in [0.3, 0.4) is 0 Å². The molecule has 2 aromatic rings. The van der Waals surface area contributed by atoms with Gasteiger partial charge in [0.2, 0.25) is 0 Å². The molecule has 0 fully saturated rings. The summed E-state index contributed by atoms with van der Waals surface area (Å²) in [6, 6.07) is 9.51. The number of nitrogens with zero attached hydrogens (tertiary/aromatic N) is 2. The molecule has 100 valence electrons. The quantitative estimate of drug-likeness (QED) is 0.940. The SMILES string of the molecule is CN(Cc1ccc(Br)cc1)c1nccc(CN)c1F. The van der Waals surface area contributed by atoms with Crippen LogP contribution in [0.15, 0.2) is 41.0 Å². The molecule has 1 aromatic heterocycles.